The van der Waals surface area contributed by atoms with Crippen LogP contribution >= 0.6 is 27.7 Å². The number of aromatic nitrogens is 2. The van der Waals surface area contributed by atoms with Crippen LogP contribution in [0.2, 0.25) is 0 Å². The highest BCUT2D eigenvalue weighted by molar-refractivity contribution is 9.10. The Balaban J connectivity index is 2.30. The number of hydrogen-bond acceptors (Lipinski definition) is 3. The molecule has 5 heteroatoms. The smallest absolute Gasteiger partial charge is 0.103 e. The molecule has 0 aliphatic heterocycles. The molecule has 0 saturated heterocycles. The van der Waals surface area contributed by atoms with Gasteiger partial charge in [-0.2, -0.15) is 5.10 Å². The standard InChI is InChI=1S/C13H16BrN3S/c1-9-12(8-15-2)13(17(3)16-9)18-11-6-4-10(14)5-7-11/h4-7,15H,8H2,1-3H3. The predicted octanol–water partition coefficient (Wildman–Crippen LogP) is 3.36. The van der Waals surface area contributed by atoms with Gasteiger partial charge in [0.15, 0.2) is 0 Å². The maximum Gasteiger partial charge on any atom is 0.103 e. The Bertz CT molecular complexity index is 534. The van der Waals surface area contributed by atoms with Crippen LogP contribution in [0.15, 0.2) is 38.7 Å². The van der Waals surface area contributed by atoms with Crippen molar-refractivity contribution in [2.24, 2.45) is 7.05 Å². The zero-order valence-corrected chi connectivity index (χ0v) is 13.1. The number of nitrogens with one attached hydrogen (secondary N) is 1. The molecule has 0 saturated carbocycles. The lowest BCUT2D eigenvalue weighted by Crippen LogP contribution is -2.06. The molecule has 18 heavy (non-hydrogen) atoms. The number of hydrogen-bond donors (Lipinski definition) is 1. The lowest BCUT2D eigenvalue weighted by atomic mass is 10.3. The van der Waals surface area contributed by atoms with E-state index in [1.807, 2.05) is 18.8 Å². The molecule has 0 aliphatic carbocycles. The van der Waals surface area contributed by atoms with Crippen molar-refractivity contribution in [1.82, 2.24) is 15.1 Å². The van der Waals surface area contributed by atoms with Crippen molar-refractivity contribution >= 4 is 27.7 Å². The molecule has 1 heterocycles. The van der Waals surface area contributed by atoms with Crippen molar-refractivity contribution in [3.63, 3.8) is 0 Å². The van der Waals surface area contributed by atoms with Gasteiger partial charge in [0, 0.05) is 28.5 Å². The Morgan fingerprint density at radius 1 is 1.33 bits per heavy atom. The van der Waals surface area contributed by atoms with Crippen LogP contribution in [0.3, 0.4) is 0 Å². The van der Waals surface area contributed by atoms with Crippen molar-refractivity contribution in [2.75, 3.05) is 7.05 Å². The van der Waals surface area contributed by atoms with Gasteiger partial charge < -0.3 is 5.32 Å². The summed E-state index contributed by atoms with van der Waals surface area (Å²) in [6, 6.07) is 8.34. The van der Waals surface area contributed by atoms with Crippen LogP contribution in [-0.2, 0) is 13.6 Å². The summed E-state index contributed by atoms with van der Waals surface area (Å²) in [5.41, 5.74) is 2.36. The minimum atomic E-state index is 0.846. The Kier molecular flexibility index (Phi) is 4.48. The Morgan fingerprint density at radius 2 is 2.00 bits per heavy atom. The van der Waals surface area contributed by atoms with Crippen molar-refractivity contribution in [3.05, 3.63) is 40.0 Å². The summed E-state index contributed by atoms with van der Waals surface area (Å²) in [5.74, 6) is 0. The summed E-state index contributed by atoms with van der Waals surface area (Å²) in [4.78, 5) is 1.22. The van der Waals surface area contributed by atoms with E-state index in [0.717, 1.165) is 16.7 Å². The van der Waals surface area contributed by atoms with Gasteiger partial charge in [-0.15, -0.1) is 0 Å². The second-order valence-corrected chi connectivity index (χ2v) is 6.06. The highest BCUT2D eigenvalue weighted by atomic mass is 79.9. The molecule has 0 spiro atoms. The number of rotatable bonds is 4. The molecule has 96 valence electrons. The van der Waals surface area contributed by atoms with Gasteiger partial charge in [-0.3, -0.25) is 4.68 Å². The third-order valence-corrected chi connectivity index (χ3v) is 4.41. The maximum absolute atomic E-state index is 4.49. The average Bonchev–Trinajstić information content (AvgIpc) is 2.59. The minimum Gasteiger partial charge on any atom is -0.316 e. The van der Waals surface area contributed by atoms with E-state index < -0.39 is 0 Å². The van der Waals surface area contributed by atoms with Crippen LogP contribution in [0.5, 0.6) is 0 Å². The largest absolute Gasteiger partial charge is 0.316 e. The fourth-order valence-electron chi connectivity index (χ4n) is 1.80. The first-order valence-electron chi connectivity index (χ1n) is 5.72. The second-order valence-electron chi connectivity index (χ2n) is 4.08. The van der Waals surface area contributed by atoms with E-state index in [1.165, 1.54) is 15.5 Å². The quantitative estimate of drug-likeness (QED) is 0.934. The maximum atomic E-state index is 4.49. The zero-order valence-electron chi connectivity index (χ0n) is 10.7. The van der Waals surface area contributed by atoms with E-state index in [2.05, 4.69) is 57.5 Å². The molecular formula is C13H16BrN3S. The van der Waals surface area contributed by atoms with E-state index in [4.69, 9.17) is 0 Å². The van der Waals surface area contributed by atoms with Gasteiger partial charge in [0.05, 0.1) is 5.69 Å². The third-order valence-electron chi connectivity index (χ3n) is 2.67. The fourth-order valence-corrected chi connectivity index (χ4v) is 3.08. The molecule has 0 radical (unpaired) electrons. The van der Waals surface area contributed by atoms with E-state index in [-0.39, 0.29) is 0 Å². The highest BCUT2D eigenvalue weighted by Crippen LogP contribution is 2.32. The molecule has 0 aliphatic rings. The van der Waals surface area contributed by atoms with Crippen molar-refractivity contribution < 1.29 is 0 Å². The lowest BCUT2D eigenvalue weighted by Gasteiger charge is -2.06. The van der Waals surface area contributed by atoms with Gasteiger partial charge in [-0.1, -0.05) is 27.7 Å². The van der Waals surface area contributed by atoms with Crippen molar-refractivity contribution in [2.45, 2.75) is 23.4 Å². The van der Waals surface area contributed by atoms with E-state index in [1.54, 1.807) is 11.8 Å². The van der Waals surface area contributed by atoms with Crippen LogP contribution in [0, 0.1) is 6.92 Å². The summed E-state index contributed by atoms with van der Waals surface area (Å²) in [7, 11) is 3.95. The molecular weight excluding hydrogens is 310 g/mol. The van der Waals surface area contributed by atoms with Crippen LogP contribution in [0.1, 0.15) is 11.3 Å². The normalized spacial score (nSPS) is 10.9. The number of nitrogens with zero attached hydrogens (tertiary/aromatic N) is 2. The topological polar surface area (TPSA) is 29.9 Å². The van der Waals surface area contributed by atoms with E-state index >= 15 is 0 Å². The van der Waals surface area contributed by atoms with Gasteiger partial charge >= 0.3 is 0 Å². The first kappa shape index (κ1) is 13.6. The molecule has 0 atom stereocenters. The first-order chi connectivity index (χ1) is 8.61. The molecule has 1 aromatic heterocycles. The summed E-state index contributed by atoms with van der Waals surface area (Å²) >= 11 is 5.20. The molecule has 1 aromatic carbocycles. The van der Waals surface area contributed by atoms with Crippen molar-refractivity contribution in [3.8, 4) is 0 Å². The average molecular weight is 326 g/mol. The molecule has 0 fully saturated rings. The molecule has 0 amide bonds. The molecule has 0 unspecified atom stereocenters. The molecule has 2 rings (SSSR count). The first-order valence-corrected chi connectivity index (χ1v) is 7.33. The molecule has 3 nitrogen and oxygen atoms in total. The van der Waals surface area contributed by atoms with E-state index in [0.29, 0.717) is 0 Å². The van der Waals surface area contributed by atoms with Crippen LogP contribution in [-0.4, -0.2) is 16.8 Å². The summed E-state index contributed by atoms with van der Waals surface area (Å²) in [6.07, 6.45) is 0. The van der Waals surface area contributed by atoms with Gasteiger partial charge in [0.1, 0.15) is 5.03 Å². The number of benzene rings is 1. The Labute approximate surface area is 120 Å². The van der Waals surface area contributed by atoms with Gasteiger partial charge in [0.25, 0.3) is 0 Å². The van der Waals surface area contributed by atoms with Crippen molar-refractivity contribution in [1.29, 1.82) is 0 Å². The zero-order chi connectivity index (χ0) is 13.1. The highest BCUT2D eigenvalue weighted by Gasteiger charge is 2.13. The van der Waals surface area contributed by atoms with Crippen LogP contribution < -0.4 is 5.32 Å². The molecule has 2 aromatic rings. The Morgan fingerprint density at radius 3 is 2.61 bits per heavy atom. The number of halogens is 1. The lowest BCUT2D eigenvalue weighted by molar-refractivity contribution is 0.684. The van der Waals surface area contributed by atoms with E-state index in [9.17, 15) is 0 Å². The second kappa shape index (κ2) is 5.91. The van der Waals surface area contributed by atoms with Gasteiger partial charge in [-0.05, 0) is 38.2 Å². The summed E-state index contributed by atoms with van der Waals surface area (Å²) < 4.78 is 3.05. The fraction of sp³-hybridized carbons (Fsp3) is 0.308. The molecule has 1 N–H and O–H groups in total. The van der Waals surface area contributed by atoms with Crippen LogP contribution in [0.25, 0.3) is 0 Å². The minimum absolute atomic E-state index is 0.846. The summed E-state index contributed by atoms with van der Waals surface area (Å²) in [5, 5.41) is 8.89. The Hall–Kier alpha value is -0.780. The SMILES string of the molecule is CNCc1c(C)nn(C)c1Sc1ccc(Br)cc1. The third kappa shape index (κ3) is 2.96. The van der Waals surface area contributed by atoms with Crippen LogP contribution in [0.4, 0.5) is 0 Å². The van der Waals surface area contributed by atoms with Gasteiger partial charge in [-0.25, -0.2) is 0 Å². The monoisotopic (exact) mass is 325 g/mol. The predicted molar refractivity (Wildman–Crippen MR) is 79.0 cm³/mol. The number of aryl methyl sites for hydroxylation is 2. The van der Waals surface area contributed by atoms with Gasteiger partial charge in [0.2, 0.25) is 0 Å². The molecule has 0 bridgehead atoms. The summed E-state index contributed by atoms with van der Waals surface area (Å²) in [6.45, 7) is 2.90.